The van der Waals surface area contributed by atoms with E-state index in [0.29, 0.717) is 65.0 Å². The van der Waals surface area contributed by atoms with Crippen LogP contribution in [0.5, 0.6) is 0 Å². The van der Waals surface area contributed by atoms with E-state index in [9.17, 15) is 4.79 Å². The lowest BCUT2D eigenvalue weighted by Crippen LogP contribution is -2.41. The van der Waals surface area contributed by atoms with E-state index < -0.39 is 0 Å². The molecule has 198 valence electrons. The molecule has 2 heterocycles. The van der Waals surface area contributed by atoms with Gasteiger partial charge in [-0.2, -0.15) is 4.98 Å². The second-order valence-corrected chi connectivity index (χ2v) is 9.09. The van der Waals surface area contributed by atoms with Gasteiger partial charge in [0.2, 0.25) is 11.7 Å². The van der Waals surface area contributed by atoms with Crippen molar-refractivity contribution in [2.75, 3.05) is 19.9 Å². The van der Waals surface area contributed by atoms with Gasteiger partial charge in [-0.3, -0.25) is 9.69 Å². The quantitative estimate of drug-likeness (QED) is 0.273. The van der Waals surface area contributed by atoms with Gasteiger partial charge in [-0.05, 0) is 51.3 Å². The number of carbonyl (C=O) groups excluding carboxylic acids is 1. The van der Waals surface area contributed by atoms with Crippen LogP contribution in [0.2, 0.25) is 5.02 Å². The summed E-state index contributed by atoms with van der Waals surface area (Å²) in [7, 11) is 0. The van der Waals surface area contributed by atoms with Crippen LogP contribution < -0.4 is 5.32 Å². The lowest BCUT2D eigenvalue weighted by atomic mass is 9.95. The topological polar surface area (TPSA) is 92.9 Å². The Labute approximate surface area is 224 Å². The highest BCUT2D eigenvalue weighted by Crippen LogP contribution is 2.33. The molecule has 1 aromatic heterocycles. The highest BCUT2D eigenvalue weighted by molar-refractivity contribution is 6.37. The highest BCUT2D eigenvalue weighted by Gasteiger charge is 2.31. The zero-order valence-electron chi connectivity index (χ0n) is 22.5. The van der Waals surface area contributed by atoms with E-state index >= 15 is 0 Å². The fourth-order valence-electron chi connectivity index (χ4n) is 3.79. The van der Waals surface area contributed by atoms with Gasteiger partial charge in [0.15, 0.2) is 0 Å². The number of unbranched alkanes of at least 4 members (excludes halogenated alkanes) is 1. The number of hydrogen-bond donors (Lipinski definition) is 1. The van der Waals surface area contributed by atoms with Crippen LogP contribution in [-0.2, 0) is 9.53 Å². The van der Waals surface area contributed by atoms with Crippen LogP contribution >= 0.6 is 11.6 Å². The van der Waals surface area contributed by atoms with Gasteiger partial charge in [0, 0.05) is 47.4 Å². The van der Waals surface area contributed by atoms with Gasteiger partial charge in [-0.25, -0.2) is 4.99 Å². The number of benzene rings is 1. The lowest BCUT2D eigenvalue weighted by molar-refractivity contribution is -0.121. The zero-order valence-corrected chi connectivity index (χ0v) is 23.3. The number of carbonyl (C=O) groups is 1. The molecule has 0 saturated carbocycles. The van der Waals surface area contributed by atoms with Crippen molar-refractivity contribution in [2.45, 2.75) is 60.8 Å². The molecule has 2 aromatic rings. The monoisotopic (exact) mass is 525 g/mol. The molecule has 9 heteroatoms. The number of aliphatic imine (C=N–C) groups is 1. The Hall–Kier alpha value is -3.23. The SMILES string of the molecule is C/C=C1/C=C(c2ccc(-c3noc(C)n3)cc2Cl)C(=O)N(CC)/C1=N/C(NCOCCCC)=C(\C)CC. The third-order valence-electron chi connectivity index (χ3n) is 6.10. The number of hydrogen-bond acceptors (Lipinski definition) is 7. The molecule has 0 fully saturated rings. The van der Waals surface area contributed by atoms with Crippen LogP contribution in [0.4, 0.5) is 0 Å². The number of rotatable bonds is 11. The third kappa shape index (κ3) is 6.76. The van der Waals surface area contributed by atoms with Crippen LogP contribution in [0.3, 0.4) is 0 Å². The van der Waals surface area contributed by atoms with Gasteiger partial charge in [0.05, 0.1) is 0 Å². The summed E-state index contributed by atoms with van der Waals surface area (Å²) >= 11 is 6.66. The molecule has 1 aliphatic heterocycles. The van der Waals surface area contributed by atoms with Crippen molar-refractivity contribution < 1.29 is 14.1 Å². The van der Waals surface area contributed by atoms with Gasteiger partial charge in [-0.15, -0.1) is 0 Å². The summed E-state index contributed by atoms with van der Waals surface area (Å²) < 4.78 is 10.8. The zero-order chi connectivity index (χ0) is 26.9. The Morgan fingerprint density at radius 2 is 2.08 bits per heavy atom. The second kappa shape index (κ2) is 13.4. The van der Waals surface area contributed by atoms with Crippen molar-refractivity contribution in [3.05, 3.63) is 63.8 Å². The molecule has 3 rings (SSSR count). The number of amidine groups is 1. The summed E-state index contributed by atoms with van der Waals surface area (Å²) in [6.07, 6.45) is 6.71. The van der Waals surface area contributed by atoms with E-state index in [4.69, 9.17) is 25.9 Å². The molecule has 0 unspecified atom stereocenters. The first kappa shape index (κ1) is 28.3. The third-order valence-corrected chi connectivity index (χ3v) is 6.41. The summed E-state index contributed by atoms with van der Waals surface area (Å²) in [6.45, 7) is 13.3. The summed E-state index contributed by atoms with van der Waals surface area (Å²) in [6, 6.07) is 5.40. The minimum Gasteiger partial charge on any atom is -0.361 e. The Balaban J connectivity index is 1.97. The maximum Gasteiger partial charge on any atom is 0.260 e. The maximum atomic E-state index is 13.7. The smallest absolute Gasteiger partial charge is 0.260 e. The molecule has 37 heavy (non-hydrogen) atoms. The molecule has 0 atom stereocenters. The summed E-state index contributed by atoms with van der Waals surface area (Å²) in [5.41, 5.74) is 3.77. The predicted molar refractivity (Wildman–Crippen MR) is 148 cm³/mol. The van der Waals surface area contributed by atoms with E-state index in [1.807, 2.05) is 45.1 Å². The normalized spacial score (nSPS) is 16.9. The number of aryl methyl sites for hydroxylation is 1. The molecular weight excluding hydrogens is 490 g/mol. The maximum absolute atomic E-state index is 13.7. The Morgan fingerprint density at radius 3 is 2.68 bits per heavy atom. The molecule has 0 radical (unpaired) electrons. The first-order chi connectivity index (χ1) is 17.8. The number of nitrogens with zero attached hydrogens (tertiary/aromatic N) is 4. The van der Waals surface area contributed by atoms with Gasteiger partial charge < -0.3 is 14.6 Å². The fraction of sp³-hybridized carbons (Fsp3) is 0.429. The molecule has 8 nitrogen and oxygen atoms in total. The molecule has 0 bridgehead atoms. The Kier molecular flexibility index (Phi) is 10.2. The highest BCUT2D eigenvalue weighted by atomic mass is 35.5. The number of aromatic nitrogens is 2. The van der Waals surface area contributed by atoms with Crippen molar-refractivity contribution in [1.82, 2.24) is 20.4 Å². The molecular formula is C28H36ClN5O3. The van der Waals surface area contributed by atoms with Crippen molar-refractivity contribution >= 4 is 28.9 Å². The molecule has 1 amide bonds. The van der Waals surface area contributed by atoms with Gasteiger partial charge >= 0.3 is 0 Å². The first-order valence-corrected chi connectivity index (χ1v) is 13.1. The van der Waals surface area contributed by atoms with Gasteiger partial charge in [0.25, 0.3) is 5.91 Å². The van der Waals surface area contributed by atoms with E-state index in [0.717, 1.165) is 30.4 Å². The van der Waals surface area contributed by atoms with Crippen molar-refractivity contribution in [1.29, 1.82) is 0 Å². The summed E-state index contributed by atoms with van der Waals surface area (Å²) in [5.74, 6) is 2.07. The van der Waals surface area contributed by atoms with Crippen molar-refractivity contribution in [3.63, 3.8) is 0 Å². The Morgan fingerprint density at radius 1 is 1.30 bits per heavy atom. The molecule has 1 N–H and O–H groups in total. The number of likely N-dealkylation sites (N-methyl/N-ethyl adjacent to an activating group) is 1. The van der Waals surface area contributed by atoms with Crippen molar-refractivity contribution in [2.24, 2.45) is 4.99 Å². The van der Waals surface area contributed by atoms with Crippen LogP contribution in [0.15, 0.2) is 56.8 Å². The number of ether oxygens (including phenoxy) is 1. The number of allylic oxidation sites excluding steroid dienone is 2. The summed E-state index contributed by atoms with van der Waals surface area (Å²) in [4.78, 5) is 24.5. The minimum atomic E-state index is -0.162. The van der Waals surface area contributed by atoms with Crippen LogP contribution in [0, 0.1) is 6.92 Å². The molecule has 1 aromatic carbocycles. The van der Waals surface area contributed by atoms with Gasteiger partial charge in [-0.1, -0.05) is 55.2 Å². The first-order valence-electron chi connectivity index (χ1n) is 12.7. The number of halogens is 1. The van der Waals surface area contributed by atoms with Crippen molar-refractivity contribution in [3.8, 4) is 11.4 Å². The van der Waals surface area contributed by atoms with E-state index in [1.54, 1.807) is 17.9 Å². The largest absolute Gasteiger partial charge is 0.361 e. The number of amides is 1. The molecule has 0 spiro atoms. The molecule has 1 aliphatic rings. The lowest BCUT2D eigenvalue weighted by Gasteiger charge is -2.30. The molecule has 0 aliphatic carbocycles. The standard InChI is InChI=1S/C28H36ClN5O3/c1-7-11-14-36-17-30-25(18(5)8-2)32-27-20(9-3)15-23(28(35)34(27)10-4)22-13-12-21(16-24(22)29)26-31-19(6)37-33-26/h9,12-13,15-16,30H,7-8,10-11,14,17H2,1-6H3/b20-9-,25-18+,32-27+. The van der Waals surface area contributed by atoms with Crippen LogP contribution in [-0.4, -0.2) is 46.7 Å². The van der Waals surface area contributed by atoms with Crippen LogP contribution in [0.25, 0.3) is 17.0 Å². The average Bonchev–Trinajstić information content (AvgIpc) is 3.34. The number of nitrogens with one attached hydrogen (secondary N) is 1. The van der Waals surface area contributed by atoms with Gasteiger partial charge in [0.1, 0.15) is 18.4 Å². The summed E-state index contributed by atoms with van der Waals surface area (Å²) in [5, 5.41) is 7.68. The van der Waals surface area contributed by atoms with E-state index in [1.165, 1.54) is 0 Å². The average molecular weight is 526 g/mol. The van der Waals surface area contributed by atoms with Crippen LogP contribution in [0.1, 0.15) is 65.3 Å². The van der Waals surface area contributed by atoms with E-state index in [2.05, 4.69) is 29.3 Å². The minimum absolute atomic E-state index is 0.162. The fourth-order valence-corrected chi connectivity index (χ4v) is 4.07. The second-order valence-electron chi connectivity index (χ2n) is 8.68. The van der Waals surface area contributed by atoms with E-state index in [-0.39, 0.29) is 5.91 Å². The molecule has 0 saturated heterocycles. The predicted octanol–water partition coefficient (Wildman–Crippen LogP) is 6.29. The Bertz CT molecular complexity index is 1240.